The lowest BCUT2D eigenvalue weighted by Gasteiger charge is -2.57. The van der Waals surface area contributed by atoms with Crippen LogP contribution in [0, 0.1) is 39.9 Å². The molecule has 4 bridgehead atoms. The van der Waals surface area contributed by atoms with Gasteiger partial charge in [-0.15, -0.1) is 0 Å². The largest absolute Gasteiger partial charge is 0.481 e. The normalized spacial score (nSPS) is 57.3. The maximum atomic E-state index is 12.7. The van der Waals surface area contributed by atoms with Crippen molar-refractivity contribution in [3.05, 3.63) is 12.2 Å². The molecule has 6 heteroatoms. The molecule has 4 saturated carbocycles. The van der Waals surface area contributed by atoms with Crippen molar-refractivity contribution in [1.29, 1.82) is 0 Å². The molecule has 9 atom stereocenters. The zero-order chi connectivity index (χ0) is 18.6. The number of aliphatic hydroxyl groups excluding tert-OH is 2. The van der Waals surface area contributed by atoms with Gasteiger partial charge in [0.15, 0.2) is 0 Å². The summed E-state index contributed by atoms with van der Waals surface area (Å²) in [5.74, 6) is -2.61. The summed E-state index contributed by atoms with van der Waals surface area (Å²) in [7, 11) is 0. The molecule has 5 rings (SSSR count). The number of esters is 1. The molecule has 1 heterocycles. The number of aliphatic hydroxyl groups is 2. The molecule has 1 spiro atoms. The van der Waals surface area contributed by atoms with Gasteiger partial charge in [0.1, 0.15) is 0 Å². The number of fused-ring (bicyclic) bond motifs is 1. The van der Waals surface area contributed by atoms with E-state index in [1.807, 2.05) is 0 Å². The third-order valence-electron chi connectivity index (χ3n) is 8.98. The summed E-state index contributed by atoms with van der Waals surface area (Å²) >= 11 is 0. The topological polar surface area (TPSA) is 104 Å². The second-order valence-electron chi connectivity index (χ2n) is 9.67. The Kier molecular flexibility index (Phi) is 3.03. The van der Waals surface area contributed by atoms with Crippen molar-refractivity contribution in [3.63, 3.8) is 0 Å². The van der Waals surface area contributed by atoms with E-state index in [9.17, 15) is 24.9 Å². The van der Waals surface area contributed by atoms with E-state index in [4.69, 9.17) is 4.74 Å². The summed E-state index contributed by atoms with van der Waals surface area (Å²) in [6.07, 6.45) is 1.46. The molecular formula is C20H26O6. The van der Waals surface area contributed by atoms with E-state index in [0.717, 1.165) is 5.57 Å². The van der Waals surface area contributed by atoms with Gasteiger partial charge >= 0.3 is 11.9 Å². The molecule has 0 aromatic rings. The molecule has 3 N–H and O–H groups in total. The van der Waals surface area contributed by atoms with E-state index < -0.39 is 52.2 Å². The molecule has 0 aromatic heterocycles. The number of hydrogen-bond donors (Lipinski definition) is 3. The first-order valence-corrected chi connectivity index (χ1v) is 9.62. The Morgan fingerprint density at radius 2 is 2.04 bits per heavy atom. The number of cyclic esters (lactones) is 1. The number of rotatable bonds is 1. The number of aliphatic carboxylic acids is 1. The van der Waals surface area contributed by atoms with Crippen molar-refractivity contribution in [2.75, 3.05) is 6.61 Å². The van der Waals surface area contributed by atoms with Crippen molar-refractivity contribution in [3.8, 4) is 0 Å². The fraction of sp³-hybridized carbons (Fsp3) is 0.800. The average molecular weight is 362 g/mol. The minimum absolute atomic E-state index is 0.0217. The Morgan fingerprint density at radius 1 is 1.31 bits per heavy atom. The highest BCUT2D eigenvalue weighted by Crippen LogP contribution is 2.78. The number of carbonyl (C=O) groups is 2. The van der Waals surface area contributed by atoms with Crippen LogP contribution in [0.2, 0.25) is 0 Å². The number of carboxylic acids is 1. The molecule has 1 saturated heterocycles. The van der Waals surface area contributed by atoms with E-state index in [-0.39, 0.29) is 18.4 Å². The summed E-state index contributed by atoms with van der Waals surface area (Å²) in [4.78, 5) is 25.3. The molecule has 0 unspecified atom stereocenters. The smallest absolute Gasteiger partial charge is 0.314 e. The summed E-state index contributed by atoms with van der Waals surface area (Å²) in [6, 6.07) is 0. The Labute approximate surface area is 152 Å². The zero-order valence-electron chi connectivity index (χ0n) is 15.0. The van der Waals surface area contributed by atoms with Crippen molar-refractivity contribution in [2.24, 2.45) is 39.9 Å². The standard InChI is InChI=1S/C20H26O6/c1-9-6-20-7-10(9)11(21)5-12(20)19-4-3-13(22)18(2,17(25)26-8-19)15(19)14(20)16(23)24/h10-15,21-22H,1,3-8H2,2H3,(H,23,24)/t10-,11+,12+,13+,14-,15-,18+,19-,20+/m1/s1. The number of ether oxygens (including phenoxy) is 1. The number of hydrogen-bond acceptors (Lipinski definition) is 5. The Bertz CT molecular complexity index is 732. The fourth-order valence-electron chi connectivity index (χ4n) is 8.09. The Hall–Kier alpha value is -1.40. The highest BCUT2D eigenvalue weighted by molar-refractivity contribution is 5.82. The molecule has 5 aliphatic rings. The van der Waals surface area contributed by atoms with Gasteiger partial charge in [0, 0.05) is 17.3 Å². The molecule has 4 aliphatic carbocycles. The molecule has 5 fully saturated rings. The first-order chi connectivity index (χ1) is 12.2. The second kappa shape index (κ2) is 4.71. The van der Waals surface area contributed by atoms with E-state index in [2.05, 4.69) is 6.58 Å². The first kappa shape index (κ1) is 16.8. The summed E-state index contributed by atoms with van der Waals surface area (Å²) in [5, 5.41) is 31.7. The number of carboxylic acid groups (broad SMARTS) is 1. The van der Waals surface area contributed by atoms with Gasteiger partial charge in [-0.1, -0.05) is 12.2 Å². The zero-order valence-corrected chi connectivity index (χ0v) is 15.0. The van der Waals surface area contributed by atoms with Gasteiger partial charge in [0.25, 0.3) is 0 Å². The van der Waals surface area contributed by atoms with Gasteiger partial charge < -0.3 is 20.1 Å². The van der Waals surface area contributed by atoms with Crippen LogP contribution in [0.3, 0.4) is 0 Å². The van der Waals surface area contributed by atoms with Crippen LogP contribution in [0.25, 0.3) is 0 Å². The van der Waals surface area contributed by atoms with Crippen LogP contribution < -0.4 is 0 Å². The van der Waals surface area contributed by atoms with Gasteiger partial charge in [-0.3, -0.25) is 9.59 Å². The molecule has 1 aliphatic heterocycles. The molecule has 6 nitrogen and oxygen atoms in total. The van der Waals surface area contributed by atoms with Gasteiger partial charge in [-0.25, -0.2) is 0 Å². The van der Waals surface area contributed by atoms with Gasteiger partial charge in [0.05, 0.1) is 30.1 Å². The van der Waals surface area contributed by atoms with Crippen LogP contribution in [-0.4, -0.2) is 46.1 Å². The van der Waals surface area contributed by atoms with Crippen molar-refractivity contribution in [2.45, 2.75) is 51.2 Å². The minimum Gasteiger partial charge on any atom is -0.481 e. The fourth-order valence-corrected chi connectivity index (χ4v) is 8.09. The lowest BCUT2D eigenvalue weighted by Crippen LogP contribution is -2.63. The van der Waals surface area contributed by atoms with Crippen molar-refractivity contribution >= 4 is 11.9 Å². The van der Waals surface area contributed by atoms with E-state index in [1.165, 1.54) is 0 Å². The van der Waals surface area contributed by atoms with Crippen LogP contribution >= 0.6 is 0 Å². The molecule has 0 amide bonds. The quantitative estimate of drug-likeness (QED) is 0.481. The summed E-state index contributed by atoms with van der Waals surface area (Å²) in [5.41, 5.74) is -1.22. The molecule has 142 valence electrons. The van der Waals surface area contributed by atoms with E-state index in [0.29, 0.717) is 32.1 Å². The van der Waals surface area contributed by atoms with Crippen LogP contribution in [0.15, 0.2) is 12.2 Å². The van der Waals surface area contributed by atoms with Crippen LogP contribution in [0.1, 0.15) is 39.0 Å². The molecule has 0 radical (unpaired) electrons. The van der Waals surface area contributed by atoms with Gasteiger partial charge in [-0.05, 0) is 50.4 Å². The van der Waals surface area contributed by atoms with Crippen molar-refractivity contribution < 1.29 is 29.6 Å². The van der Waals surface area contributed by atoms with Gasteiger partial charge in [0.2, 0.25) is 0 Å². The van der Waals surface area contributed by atoms with Crippen molar-refractivity contribution in [1.82, 2.24) is 0 Å². The maximum absolute atomic E-state index is 12.7. The Morgan fingerprint density at radius 3 is 2.73 bits per heavy atom. The predicted molar refractivity (Wildman–Crippen MR) is 89.8 cm³/mol. The SMILES string of the molecule is C=C1C[C@]23C[C@H]1[C@@H](O)C[C@H]2[C@@]12CC[C@H](O)[C@](C)(C(=O)OC1)[C@H]2[C@@H]3C(=O)O. The highest BCUT2D eigenvalue weighted by Gasteiger charge is 2.80. The predicted octanol–water partition coefficient (Wildman–Crippen LogP) is 1.35. The van der Waals surface area contributed by atoms with Gasteiger partial charge in [-0.2, -0.15) is 0 Å². The van der Waals surface area contributed by atoms with Crippen LogP contribution in [0.5, 0.6) is 0 Å². The third-order valence-corrected chi connectivity index (χ3v) is 8.98. The Balaban J connectivity index is 1.76. The average Bonchev–Trinajstić information content (AvgIpc) is 3.01. The van der Waals surface area contributed by atoms with Crippen LogP contribution in [-0.2, 0) is 14.3 Å². The lowest BCUT2D eigenvalue weighted by atomic mass is 9.50. The monoisotopic (exact) mass is 362 g/mol. The summed E-state index contributed by atoms with van der Waals surface area (Å²) in [6.45, 7) is 6.04. The minimum atomic E-state index is -1.20. The molecular weight excluding hydrogens is 336 g/mol. The first-order valence-electron chi connectivity index (χ1n) is 9.62. The summed E-state index contributed by atoms with van der Waals surface area (Å²) < 4.78 is 5.57. The molecule has 0 aromatic carbocycles. The van der Waals surface area contributed by atoms with E-state index >= 15 is 0 Å². The molecule has 26 heavy (non-hydrogen) atoms. The number of carbonyl (C=O) groups excluding carboxylic acids is 1. The van der Waals surface area contributed by atoms with E-state index in [1.54, 1.807) is 6.92 Å². The lowest BCUT2D eigenvalue weighted by molar-refractivity contribution is -0.221. The third kappa shape index (κ3) is 1.55. The maximum Gasteiger partial charge on any atom is 0.314 e. The van der Waals surface area contributed by atoms with Crippen LogP contribution in [0.4, 0.5) is 0 Å². The highest BCUT2D eigenvalue weighted by atomic mass is 16.5. The second-order valence-corrected chi connectivity index (χ2v) is 9.67.